The summed E-state index contributed by atoms with van der Waals surface area (Å²) < 4.78 is 11.8. The Bertz CT molecular complexity index is 2720. The SMILES string of the molecule is C=CCOC(C)(C)C[C@H]1C(=O)N[C@@H](C(C)C)C(=O)N(C)[C@@H](CC(C)C)C(=O)N[C@@H](C)C(=O)N[C@@H](C)C(=O)N(C)[C@@H](CC(C)C)C(=O)N(C)[C@@H](CC(C)C)C(=O)N(C)[C@@H](C(C)C)C(=O)N(C)[C@@H]([C@H](O)[C@H](C)CC=CC)C(=O)N[C@@H](CC)C(=O)N(C)[C@H](SCCNC2CCOCC2)C(=O)N1C. The molecule has 0 bridgehead atoms. The summed E-state index contributed by atoms with van der Waals surface area (Å²) in [5.74, 6) is -9.85. The highest BCUT2D eigenvalue weighted by molar-refractivity contribution is 8.00. The number of hydrogen-bond acceptors (Lipinski definition) is 16. The molecule has 2 heterocycles. The number of allylic oxidation sites excluding steroid dienone is 2. The van der Waals surface area contributed by atoms with Crippen LogP contribution in [0.2, 0.25) is 0 Å². The van der Waals surface area contributed by atoms with Crippen molar-refractivity contribution in [3.8, 4) is 0 Å². The van der Waals surface area contributed by atoms with Crippen molar-refractivity contribution in [3.05, 3.63) is 24.8 Å². The minimum Gasteiger partial charge on any atom is -0.390 e. The highest BCUT2D eigenvalue weighted by Crippen LogP contribution is 2.29. The van der Waals surface area contributed by atoms with Crippen LogP contribution in [-0.2, 0) is 62.2 Å². The molecule has 566 valence electrons. The number of nitrogens with one attached hydrogen (secondary N) is 5. The monoisotopic (exact) mass is 1420 g/mol. The van der Waals surface area contributed by atoms with Gasteiger partial charge in [-0.2, -0.15) is 0 Å². The third-order valence-electron chi connectivity index (χ3n) is 18.8. The Balaban J connectivity index is 3.17. The second kappa shape index (κ2) is 41.7. The van der Waals surface area contributed by atoms with Crippen molar-refractivity contribution in [1.82, 2.24) is 60.9 Å². The Morgan fingerprint density at radius 3 is 1.58 bits per heavy atom. The summed E-state index contributed by atoms with van der Waals surface area (Å²) in [5.41, 5.74) is -1.12. The zero-order valence-corrected chi connectivity index (χ0v) is 65.2. The smallest absolute Gasteiger partial charge is 0.256 e. The van der Waals surface area contributed by atoms with Gasteiger partial charge in [0.2, 0.25) is 59.1 Å². The van der Waals surface area contributed by atoms with E-state index in [1.165, 1.54) is 92.6 Å². The number of ether oxygens (including phenoxy) is 2. The molecule has 0 saturated carbocycles. The molecule has 99 heavy (non-hydrogen) atoms. The summed E-state index contributed by atoms with van der Waals surface area (Å²) in [5, 5.41) is 25.8. The fourth-order valence-corrected chi connectivity index (χ4v) is 13.6. The zero-order valence-electron chi connectivity index (χ0n) is 64.4. The summed E-state index contributed by atoms with van der Waals surface area (Å²) in [7, 11) is 9.99. The fraction of sp³-hybridized carbons (Fsp3) is 0.792. The van der Waals surface area contributed by atoms with Crippen LogP contribution in [0.15, 0.2) is 24.8 Å². The zero-order chi connectivity index (χ0) is 75.8. The van der Waals surface area contributed by atoms with Gasteiger partial charge in [-0.3, -0.25) is 52.7 Å². The van der Waals surface area contributed by atoms with E-state index in [4.69, 9.17) is 9.47 Å². The average molecular weight is 1420 g/mol. The van der Waals surface area contributed by atoms with Crippen molar-refractivity contribution in [2.45, 2.75) is 253 Å². The maximum Gasteiger partial charge on any atom is 0.256 e. The van der Waals surface area contributed by atoms with Gasteiger partial charge >= 0.3 is 0 Å². The highest BCUT2D eigenvalue weighted by atomic mass is 32.2. The van der Waals surface area contributed by atoms with Crippen molar-refractivity contribution >= 4 is 76.7 Å². The maximum atomic E-state index is 15.7. The van der Waals surface area contributed by atoms with Gasteiger partial charge in [0.05, 0.1) is 18.3 Å². The van der Waals surface area contributed by atoms with Crippen molar-refractivity contribution < 1.29 is 67.3 Å². The predicted octanol–water partition coefficient (Wildman–Crippen LogP) is 4.42. The minimum absolute atomic E-state index is 0.0285. The number of rotatable bonds is 23. The van der Waals surface area contributed by atoms with Crippen LogP contribution in [0.25, 0.3) is 0 Å². The first kappa shape index (κ1) is 88.9. The van der Waals surface area contributed by atoms with Gasteiger partial charge in [0.15, 0.2) is 5.37 Å². The molecule has 11 amide bonds. The molecule has 0 aliphatic carbocycles. The number of carbonyl (C=O) groups is 11. The standard InChI is InChI=1S/C72H128N12O14S/c1-26-29-30-47(14)59(85)58-63(89)76-51(28-3)65(91)84(25)71(99-37-33-73-50-31-35-97-36-32-50)70(96)81(22)55(41-72(17,18)98-34-27-2)62(88)77-56(45(10)11)68(94)78(19)52(38-42(4)5)61(87)74-48(15)60(86)75-49(16)64(90)79(20)53(39-43(6)7)66(92)80(21)54(40-44(8)9)67(93)82(23)57(46(12)13)69(95)83(58)24/h26-27,29,42-59,71,73,85H,2,28,30-41H2,1,3-25H3,(H,74,87)(H,75,86)(H,76,89)(H,77,88)/t47-,48+,49+,51+,52+,53+,54+,55+,56+,57+,58+,59-,71-/m1/s1. The molecule has 0 aromatic rings. The molecule has 0 aromatic carbocycles. The van der Waals surface area contributed by atoms with Crippen LogP contribution >= 0.6 is 11.8 Å². The molecule has 26 nitrogen and oxygen atoms in total. The van der Waals surface area contributed by atoms with E-state index in [0.29, 0.717) is 19.8 Å². The molecule has 13 atom stereocenters. The molecule has 2 aliphatic rings. The molecule has 0 radical (unpaired) electrons. The lowest BCUT2D eigenvalue weighted by atomic mass is 9.91. The van der Waals surface area contributed by atoms with Gasteiger partial charge in [-0.05, 0) is 115 Å². The molecule has 6 N–H and O–H groups in total. The van der Waals surface area contributed by atoms with Crippen molar-refractivity contribution in [2.75, 3.05) is 81.5 Å². The molecular weight excluding hydrogens is 1290 g/mol. The maximum absolute atomic E-state index is 15.7. The van der Waals surface area contributed by atoms with Gasteiger partial charge in [-0.25, -0.2) is 0 Å². The number of likely N-dealkylation sites (N-methyl/N-ethyl adjacent to an activating group) is 7. The lowest BCUT2D eigenvalue weighted by Gasteiger charge is -2.41. The largest absolute Gasteiger partial charge is 0.390 e. The van der Waals surface area contributed by atoms with Crippen molar-refractivity contribution in [3.63, 3.8) is 0 Å². The first-order chi connectivity index (χ1) is 46.0. The summed E-state index contributed by atoms with van der Waals surface area (Å²) in [6, 6.07) is -12.9. The molecule has 2 rings (SSSR count). The topological polar surface area (TPSA) is 309 Å². The van der Waals surface area contributed by atoms with Crippen LogP contribution in [-0.4, -0.2) is 269 Å². The molecule has 2 saturated heterocycles. The van der Waals surface area contributed by atoms with Crippen LogP contribution in [0.1, 0.15) is 169 Å². The van der Waals surface area contributed by atoms with E-state index in [0.717, 1.165) is 29.5 Å². The number of hydrogen-bond donors (Lipinski definition) is 6. The van der Waals surface area contributed by atoms with E-state index in [9.17, 15) is 19.5 Å². The Hall–Kier alpha value is -6.16. The van der Waals surface area contributed by atoms with Gasteiger partial charge in [-0.15, -0.1) is 18.3 Å². The second-order valence-electron chi connectivity index (χ2n) is 29.8. The van der Waals surface area contributed by atoms with E-state index in [1.54, 1.807) is 74.5 Å². The van der Waals surface area contributed by atoms with Gasteiger partial charge in [0.1, 0.15) is 60.4 Å². The van der Waals surface area contributed by atoms with E-state index in [-0.39, 0.29) is 74.7 Å². The Morgan fingerprint density at radius 2 is 1.07 bits per heavy atom. The molecule has 0 aromatic heterocycles. The van der Waals surface area contributed by atoms with E-state index >= 15 is 38.4 Å². The lowest BCUT2D eigenvalue weighted by molar-refractivity contribution is -0.157. The number of aliphatic hydroxyl groups excluding tert-OH is 1. The third kappa shape index (κ3) is 26.0. The van der Waals surface area contributed by atoms with Crippen LogP contribution in [0, 0.1) is 35.5 Å². The van der Waals surface area contributed by atoms with E-state index < -0.39 is 160 Å². The molecule has 2 fully saturated rings. The molecule has 27 heteroatoms. The predicted molar refractivity (Wildman–Crippen MR) is 387 cm³/mol. The van der Waals surface area contributed by atoms with Crippen LogP contribution in [0.3, 0.4) is 0 Å². The number of aliphatic hydroxyl groups is 1. The number of amides is 11. The number of carbonyl (C=O) groups excluding carboxylic acids is 11. The van der Waals surface area contributed by atoms with Crippen LogP contribution in [0.4, 0.5) is 0 Å². The van der Waals surface area contributed by atoms with Crippen LogP contribution < -0.4 is 26.6 Å². The molecular formula is C72H128N12O14S. The first-order valence-electron chi connectivity index (χ1n) is 35.6. The van der Waals surface area contributed by atoms with Crippen LogP contribution in [0.5, 0.6) is 0 Å². The van der Waals surface area contributed by atoms with Gasteiger partial charge in [0, 0.05) is 87.3 Å². The number of thioether (sulfide) groups is 1. The van der Waals surface area contributed by atoms with Crippen molar-refractivity contribution in [2.24, 2.45) is 35.5 Å². The van der Waals surface area contributed by atoms with E-state index in [1.807, 2.05) is 47.6 Å². The number of nitrogens with zero attached hydrogens (tertiary/aromatic N) is 7. The summed E-state index contributed by atoms with van der Waals surface area (Å²) in [6.07, 6.45) is 5.65. The van der Waals surface area contributed by atoms with Gasteiger partial charge in [-0.1, -0.05) is 101 Å². The Kier molecular flexibility index (Phi) is 37.4. The first-order valence-corrected chi connectivity index (χ1v) is 36.6. The van der Waals surface area contributed by atoms with Gasteiger partial charge < -0.3 is 75.5 Å². The fourth-order valence-electron chi connectivity index (χ4n) is 12.5. The molecule has 0 unspecified atom stereocenters. The average Bonchev–Trinajstić information content (AvgIpc) is 0.808. The minimum atomic E-state index is -1.66. The van der Waals surface area contributed by atoms with E-state index in [2.05, 4.69) is 33.2 Å². The second-order valence-corrected chi connectivity index (χ2v) is 31.0. The Labute approximate surface area is 596 Å². The van der Waals surface area contributed by atoms with Crippen molar-refractivity contribution in [1.29, 1.82) is 0 Å². The summed E-state index contributed by atoms with van der Waals surface area (Å²) >= 11 is 1.13. The molecule has 2 aliphatic heterocycles. The Morgan fingerprint density at radius 1 is 0.586 bits per heavy atom. The summed E-state index contributed by atoms with van der Waals surface area (Å²) in [4.78, 5) is 174. The van der Waals surface area contributed by atoms with Gasteiger partial charge in [0.25, 0.3) is 5.91 Å². The summed E-state index contributed by atoms with van der Waals surface area (Å²) in [6.45, 7) is 35.1. The third-order valence-corrected chi connectivity index (χ3v) is 20.1. The highest BCUT2D eigenvalue weighted by Gasteiger charge is 2.47. The lowest BCUT2D eigenvalue weighted by Crippen LogP contribution is -2.64. The normalized spacial score (nSPS) is 26.7. The molecule has 0 spiro atoms. The quantitative estimate of drug-likeness (QED) is 0.0609.